The Morgan fingerprint density at radius 3 is 2.73 bits per heavy atom. The third kappa shape index (κ3) is 3.74. The number of rotatable bonds is 3. The van der Waals surface area contributed by atoms with Gasteiger partial charge in [-0.05, 0) is 45.3 Å². The Hall–Kier alpha value is -1.69. The SMILES string of the molecule is CN1CCCC(C(=O)N2CCCC(Oc3ncccn3)C2)C1. The molecule has 0 spiro atoms. The molecule has 0 bridgehead atoms. The van der Waals surface area contributed by atoms with E-state index >= 15 is 0 Å². The molecule has 0 N–H and O–H groups in total. The standard InChI is InChI=1S/C16H24N4O2/c1-19-9-2-5-13(11-19)15(21)20-10-3-6-14(12-20)22-16-17-7-4-8-18-16/h4,7-8,13-14H,2-3,5-6,9-12H2,1H3. The van der Waals surface area contributed by atoms with Crippen molar-refractivity contribution in [1.82, 2.24) is 19.8 Å². The number of likely N-dealkylation sites (tertiary alicyclic amines) is 2. The van der Waals surface area contributed by atoms with E-state index in [1.54, 1.807) is 18.5 Å². The summed E-state index contributed by atoms with van der Waals surface area (Å²) < 4.78 is 5.82. The van der Waals surface area contributed by atoms with Gasteiger partial charge in [0.1, 0.15) is 6.10 Å². The van der Waals surface area contributed by atoms with Crippen LogP contribution in [-0.4, -0.2) is 65.0 Å². The van der Waals surface area contributed by atoms with Crippen LogP contribution >= 0.6 is 0 Å². The maximum absolute atomic E-state index is 12.7. The van der Waals surface area contributed by atoms with Crippen LogP contribution < -0.4 is 4.74 Å². The van der Waals surface area contributed by atoms with Gasteiger partial charge in [0.15, 0.2) is 0 Å². The lowest BCUT2D eigenvalue weighted by atomic mass is 9.95. The largest absolute Gasteiger partial charge is 0.458 e. The third-order valence-corrected chi connectivity index (χ3v) is 4.48. The van der Waals surface area contributed by atoms with E-state index in [1.807, 2.05) is 4.90 Å². The van der Waals surface area contributed by atoms with E-state index in [0.717, 1.165) is 45.3 Å². The average Bonchev–Trinajstić information content (AvgIpc) is 2.55. The fourth-order valence-electron chi connectivity index (χ4n) is 3.36. The predicted molar refractivity (Wildman–Crippen MR) is 82.5 cm³/mol. The van der Waals surface area contributed by atoms with Crippen molar-refractivity contribution in [1.29, 1.82) is 0 Å². The highest BCUT2D eigenvalue weighted by atomic mass is 16.5. The lowest BCUT2D eigenvalue weighted by molar-refractivity contribution is -0.139. The molecule has 120 valence electrons. The Bertz CT molecular complexity index is 496. The average molecular weight is 304 g/mol. The molecule has 3 rings (SSSR count). The second-order valence-electron chi connectivity index (χ2n) is 6.30. The highest BCUT2D eigenvalue weighted by Crippen LogP contribution is 2.21. The van der Waals surface area contributed by atoms with Crippen LogP contribution in [0.5, 0.6) is 6.01 Å². The minimum Gasteiger partial charge on any atom is -0.458 e. The van der Waals surface area contributed by atoms with Gasteiger partial charge in [0, 0.05) is 25.5 Å². The molecule has 1 amide bonds. The van der Waals surface area contributed by atoms with Crippen molar-refractivity contribution >= 4 is 5.91 Å². The zero-order chi connectivity index (χ0) is 15.4. The van der Waals surface area contributed by atoms with Crippen LogP contribution in [0.15, 0.2) is 18.5 Å². The number of carbonyl (C=O) groups excluding carboxylic acids is 1. The quantitative estimate of drug-likeness (QED) is 0.839. The van der Waals surface area contributed by atoms with Gasteiger partial charge in [-0.25, -0.2) is 9.97 Å². The van der Waals surface area contributed by atoms with Gasteiger partial charge in [-0.15, -0.1) is 0 Å². The summed E-state index contributed by atoms with van der Waals surface area (Å²) >= 11 is 0. The van der Waals surface area contributed by atoms with Crippen LogP contribution in [0.25, 0.3) is 0 Å². The summed E-state index contributed by atoms with van der Waals surface area (Å²) in [5, 5.41) is 0. The van der Waals surface area contributed by atoms with Crippen molar-refractivity contribution in [3.05, 3.63) is 18.5 Å². The first-order valence-corrected chi connectivity index (χ1v) is 8.13. The molecule has 2 saturated heterocycles. The maximum atomic E-state index is 12.7. The van der Waals surface area contributed by atoms with Crippen LogP contribution in [0.2, 0.25) is 0 Å². The Labute approximate surface area is 131 Å². The van der Waals surface area contributed by atoms with Gasteiger partial charge >= 0.3 is 6.01 Å². The van der Waals surface area contributed by atoms with Gasteiger partial charge in [-0.1, -0.05) is 0 Å². The van der Waals surface area contributed by atoms with E-state index in [-0.39, 0.29) is 17.9 Å². The Kier molecular flexibility index (Phi) is 4.87. The molecule has 2 aliphatic heterocycles. The van der Waals surface area contributed by atoms with Crippen LogP contribution in [0, 0.1) is 5.92 Å². The van der Waals surface area contributed by atoms with Crippen molar-refractivity contribution < 1.29 is 9.53 Å². The van der Waals surface area contributed by atoms with Crippen LogP contribution in [0.1, 0.15) is 25.7 Å². The lowest BCUT2D eigenvalue weighted by Gasteiger charge is -2.37. The molecule has 0 aromatic carbocycles. The summed E-state index contributed by atoms with van der Waals surface area (Å²) in [5.74, 6) is 0.430. The van der Waals surface area contributed by atoms with E-state index in [2.05, 4.69) is 21.9 Å². The van der Waals surface area contributed by atoms with Crippen molar-refractivity contribution in [2.24, 2.45) is 5.92 Å². The molecule has 2 unspecified atom stereocenters. The van der Waals surface area contributed by atoms with Gasteiger partial charge in [0.25, 0.3) is 0 Å². The molecule has 0 radical (unpaired) electrons. The Morgan fingerprint density at radius 1 is 1.18 bits per heavy atom. The Balaban J connectivity index is 1.57. The van der Waals surface area contributed by atoms with E-state index in [1.165, 1.54) is 0 Å². The monoisotopic (exact) mass is 304 g/mol. The fraction of sp³-hybridized carbons (Fsp3) is 0.688. The minimum atomic E-state index is 0.00131. The van der Waals surface area contributed by atoms with Crippen molar-refractivity contribution in [2.75, 3.05) is 33.2 Å². The van der Waals surface area contributed by atoms with Crippen molar-refractivity contribution in [3.63, 3.8) is 0 Å². The van der Waals surface area contributed by atoms with E-state index in [4.69, 9.17) is 4.74 Å². The zero-order valence-corrected chi connectivity index (χ0v) is 13.1. The smallest absolute Gasteiger partial charge is 0.316 e. The summed E-state index contributed by atoms with van der Waals surface area (Å²) in [5.41, 5.74) is 0. The van der Waals surface area contributed by atoms with Gasteiger partial charge in [-0.3, -0.25) is 4.79 Å². The summed E-state index contributed by atoms with van der Waals surface area (Å²) in [6.45, 7) is 3.47. The van der Waals surface area contributed by atoms with Gasteiger partial charge in [0.05, 0.1) is 12.5 Å². The first kappa shape index (κ1) is 15.2. The summed E-state index contributed by atoms with van der Waals surface area (Å²) in [6.07, 6.45) is 7.39. The van der Waals surface area contributed by atoms with Crippen molar-refractivity contribution in [2.45, 2.75) is 31.8 Å². The molecule has 0 saturated carbocycles. The molecule has 3 heterocycles. The van der Waals surface area contributed by atoms with Crippen molar-refractivity contribution in [3.8, 4) is 6.01 Å². The van der Waals surface area contributed by atoms with Crippen LogP contribution in [-0.2, 0) is 4.79 Å². The Morgan fingerprint density at radius 2 is 1.95 bits per heavy atom. The number of piperidine rings is 2. The van der Waals surface area contributed by atoms with E-state index in [0.29, 0.717) is 12.6 Å². The predicted octanol–water partition coefficient (Wildman–Crippen LogP) is 1.19. The van der Waals surface area contributed by atoms with Crippen LogP contribution in [0.4, 0.5) is 0 Å². The molecule has 22 heavy (non-hydrogen) atoms. The van der Waals surface area contributed by atoms with E-state index in [9.17, 15) is 4.79 Å². The summed E-state index contributed by atoms with van der Waals surface area (Å²) in [7, 11) is 2.09. The topological polar surface area (TPSA) is 58.6 Å². The number of hydrogen-bond donors (Lipinski definition) is 0. The molecule has 6 heteroatoms. The second-order valence-corrected chi connectivity index (χ2v) is 6.30. The normalized spacial score (nSPS) is 26.7. The summed E-state index contributed by atoms with van der Waals surface area (Å²) in [6, 6.07) is 2.17. The molecule has 0 aliphatic carbocycles. The number of aromatic nitrogens is 2. The fourth-order valence-corrected chi connectivity index (χ4v) is 3.36. The molecule has 2 fully saturated rings. The molecule has 6 nitrogen and oxygen atoms in total. The lowest BCUT2D eigenvalue weighted by Crippen LogP contribution is -2.49. The molecule has 2 aliphatic rings. The first-order valence-electron chi connectivity index (χ1n) is 8.13. The highest BCUT2D eigenvalue weighted by Gasteiger charge is 2.31. The second kappa shape index (κ2) is 7.05. The molecule has 2 atom stereocenters. The zero-order valence-electron chi connectivity index (χ0n) is 13.1. The molecular weight excluding hydrogens is 280 g/mol. The van der Waals surface area contributed by atoms with E-state index < -0.39 is 0 Å². The molecular formula is C16H24N4O2. The first-order chi connectivity index (χ1) is 10.7. The number of ether oxygens (including phenoxy) is 1. The number of hydrogen-bond acceptors (Lipinski definition) is 5. The van der Waals surface area contributed by atoms with Gasteiger partial charge in [-0.2, -0.15) is 0 Å². The van der Waals surface area contributed by atoms with Gasteiger partial charge < -0.3 is 14.5 Å². The molecule has 1 aromatic rings. The van der Waals surface area contributed by atoms with Crippen LogP contribution in [0.3, 0.4) is 0 Å². The molecule has 1 aromatic heterocycles. The maximum Gasteiger partial charge on any atom is 0.316 e. The van der Waals surface area contributed by atoms with Gasteiger partial charge in [0.2, 0.25) is 5.91 Å². The minimum absolute atomic E-state index is 0.00131. The third-order valence-electron chi connectivity index (χ3n) is 4.48. The number of carbonyl (C=O) groups is 1. The number of nitrogens with zero attached hydrogens (tertiary/aromatic N) is 4. The number of amides is 1. The summed E-state index contributed by atoms with van der Waals surface area (Å²) in [4.78, 5) is 25.1. The highest BCUT2D eigenvalue weighted by molar-refractivity contribution is 5.79.